The Kier molecular flexibility index (Phi) is 3.83. The first-order chi connectivity index (χ1) is 5.33. The Morgan fingerprint density at radius 3 is 3.00 bits per heavy atom. The van der Waals surface area contributed by atoms with E-state index in [1.54, 1.807) is 0 Å². The molecule has 0 unspecified atom stereocenters. The van der Waals surface area contributed by atoms with Crippen LogP contribution in [0.25, 0.3) is 0 Å². The van der Waals surface area contributed by atoms with Gasteiger partial charge in [-0.3, -0.25) is 0 Å². The zero-order valence-corrected chi connectivity index (χ0v) is 7.39. The molecule has 1 aliphatic heterocycles. The van der Waals surface area contributed by atoms with Gasteiger partial charge >= 0.3 is 0 Å². The van der Waals surface area contributed by atoms with Gasteiger partial charge in [-0.05, 0) is 13.5 Å². The summed E-state index contributed by atoms with van der Waals surface area (Å²) in [7, 11) is 0. The molecule has 0 spiro atoms. The Labute approximate surface area is 68.5 Å². The maximum atomic E-state index is 5.66. The van der Waals surface area contributed by atoms with Crippen molar-refractivity contribution in [2.45, 2.75) is 26.1 Å². The molecule has 0 aromatic heterocycles. The van der Waals surface area contributed by atoms with Crippen LogP contribution in [-0.2, 0) is 4.74 Å². The quantitative estimate of drug-likeness (QED) is 0.605. The molecule has 0 saturated carbocycles. The van der Waals surface area contributed by atoms with Gasteiger partial charge < -0.3 is 15.4 Å². The summed E-state index contributed by atoms with van der Waals surface area (Å²) in [5, 5.41) is 6.60. The van der Waals surface area contributed by atoms with Crippen LogP contribution in [-0.4, -0.2) is 38.4 Å². The van der Waals surface area contributed by atoms with E-state index in [-0.39, 0.29) is 0 Å². The fourth-order valence-corrected chi connectivity index (χ4v) is 1.30. The fourth-order valence-electron chi connectivity index (χ4n) is 1.30. The van der Waals surface area contributed by atoms with E-state index >= 15 is 0 Å². The van der Waals surface area contributed by atoms with E-state index in [4.69, 9.17) is 4.74 Å². The highest BCUT2D eigenvalue weighted by Crippen LogP contribution is 2.01. The van der Waals surface area contributed by atoms with Crippen molar-refractivity contribution in [1.82, 2.24) is 10.6 Å². The highest BCUT2D eigenvalue weighted by atomic mass is 16.5. The maximum absolute atomic E-state index is 5.66. The summed E-state index contributed by atoms with van der Waals surface area (Å²) in [6.45, 7) is 8.17. The molecule has 0 aliphatic carbocycles. The van der Waals surface area contributed by atoms with Gasteiger partial charge in [-0.1, -0.05) is 6.92 Å². The normalized spacial score (nSPS) is 32.2. The molecule has 0 radical (unpaired) electrons. The van der Waals surface area contributed by atoms with Crippen molar-refractivity contribution < 1.29 is 4.74 Å². The lowest BCUT2D eigenvalue weighted by atomic mass is 10.2. The van der Waals surface area contributed by atoms with Crippen molar-refractivity contribution in [2.24, 2.45) is 0 Å². The van der Waals surface area contributed by atoms with Gasteiger partial charge in [0.2, 0.25) is 0 Å². The maximum Gasteiger partial charge on any atom is 0.0827 e. The Bertz CT molecular complexity index is 108. The molecule has 1 aliphatic rings. The molecule has 0 aromatic rings. The van der Waals surface area contributed by atoms with Gasteiger partial charge in [0.1, 0.15) is 0 Å². The number of ether oxygens (including phenoxy) is 1. The average Bonchev–Trinajstić information content (AvgIpc) is 2.01. The fraction of sp³-hybridized carbons (Fsp3) is 1.00. The van der Waals surface area contributed by atoms with Crippen molar-refractivity contribution >= 4 is 0 Å². The third-order valence-electron chi connectivity index (χ3n) is 1.85. The largest absolute Gasteiger partial charge is 0.371 e. The van der Waals surface area contributed by atoms with E-state index in [1.807, 2.05) is 0 Å². The molecule has 1 rings (SSSR count). The SMILES string of the molecule is CCNC[C@@H]1CNC[C@H](C)O1. The predicted molar refractivity (Wildman–Crippen MR) is 45.7 cm³/mol. The molecule has 1 fully saturated rings. The predicted octanol–water partition coefficient (Wildman–Crippen LogP) is -0.0272. The molecule has 3 nitrogen and oxygen atoms in total. The molecule has 11 heavy (non-hydrogen) atoms. The van der Waals surface area contributed by atoms with Gasteiger partial charge in [-0.15, -0.1) is 0 Å². The van der Waals surface area contributed by atoms with Crippen molar-refractivity contribution in [3.05, 3.63) is 0 Å². The van der Waals surface area contributed by atoms with Crippen LogP contribution >= 0.6 is 0 Å². The van der Waals surface area contributed by atoms with E-state index in [1.165, 1.54) is 0 Å². The summed E-state index contributed by atoms with van der Waals surface area (Å²) >= 11 is 0. The Hall–Kier alpha value is -0.120. The van der Waals surface area contributed by atoms with Gasteiger partial charge in [0.25, 0.3) is 0 Å². The van der Waals surface area contributed by atoms with Crippen LogP contribution < -0.4 is 10.6 Å². The summed E-state index contributed by atoms with van der Waals surface area (Å²) in [5.74, 6) is 0. The molecule has 1 heterocycles. The van der Waals surface area contributed by atoms with Crippen LogP contribution in [0.4, 0.5) is 0 Å². The molecule has 2 N–H and O–H groups in total. The number of rotatable bonds is 3. The first-order valence-electron chi connectivity index (χ1n) is 4.39. The number of morpholine rings is 1. The topological polar surface area (TPSA) is 33.3 Å². The van der Waals surface area contributed by atoms with Gasteiger partial charge in [-0.25, -0.2) is 0 Å². The Morgan fingerprint density at radius 1 is 1.55 bits per heavy atom. The number of hydrogen-bond acceptors (Lipinski definition) is 3. The molecule has 0 aromatic carbocycles. The monoisotopic (exact) mass is 158 g/mol. The van der Waals surface area contributed by atoms with E-state index in [2.05, 4.69) is 24.5 Å². The Morgan fingerprint density at radius 2 is 2.36 bits per heavy atom. The van der Waals surface area contributed by atoms with Crippen LogP contribution in [0.15, 0.2) is 0 Å². The van der Waals surface area contributed by atoms with Gasteiger partial charge in [0.15, 0.2) is 0 Å². The summed E-state index contributed by atoms with van der Waals surface area (Å²) < 4.78 is 5.66. The number of likely N-dealkylation sites (N-methyl/N-ethyl adjacent to an activating group) is 1. The highest BCUT2D eigenvalue weighted by molar-refractivity contribution is 4.72. The smallest absolute Gasteiger partial charge is 0.0827 e. The van der Waals surface area contributed by atoms with Crippen LogP contribution in [0, 0.1) is 0 Å². The lowest BCUT2D eigenvalue weighted by Gasteiger charge is -2.28. The minimum absolute atomic E-state index is 0.360. The van der Waals surface area contributed by atoms with Crippen LogP contribution in [0.5, 0.6) is 0 Å². The second kappa shape index (κ2) is 4.70. The summed E-state index contributed by atoms with van der Waals surface area (Å²) in [6.07, 6.45) is 0.728. The minimum atomic E-state index is 0.360. The van der Waals surface area contributed by atoms with E-state index in [0.29, 0.717) is 12.2 Å². The second-order valence-corrected chi connectivity index (χ2v) is 3.03. The van der Waals surface area contributed by atoms with Gasteiger partial charge in [0.05, 0.1) is 12.2 Å². The van der Waals surface area contributed by atoms with E-state index < -0.39 is 0 Å². The average molecular weight is 158 g/mol. The lowest BCUT2D eigenvalue weighted by Crippen LogP contribution is -2.47. The minimum Gasteiger partial charge on any atom is -0.371 e. The molecule has 66 valence electrons. The first kappa shape index (κ1) is 8.97. The van der Waals surface area contributed by atoms with Crippen molar-refractivity contribution in [3.8, 4) is 0 Å². The molecule has 0 amide bonds. The number of hydrogen-bond donors (Lipinski definition) is 2. The third-order valence-corrected chi connectivity index (χ3v) is 1.85. The molecule has 3 heteroatoms. The van der Waals surface area contributed by atoms with Crippen LogP contribution in [0.1, 0.15) is 13.8 Å². The Balaban J connectivity index is 2.12. The molecule has 1 saturated heterocycles. The van der Waals surface area contributed by atoms with Gasteiger partial charge in [-0.2, -0.15) is 0 Å². The van der Waals surface area contributed by atoms with E-state index in [9.17, 15) is 0 Å². The van der Waals surface area contributed by atoms with Crippen LogP contribution in [0.2, 0.25) is 0 Å². The van der Waals surface area contributed by atoms with Crippen molar-refractivity contribution in [1.29, 1.82) is 0 Å². The highest BCUT2D eigenvalue weighted by Gasteiger charge is 2.17. The molecular formula is C8H18N2O. The van der Waals surface area contributed by atoms with Crippen molar-refractivity contribution in [2.75, 3.05) is 26.2 Å². The molecular weight excluding hydrogens is 140 g/mol. The van der Waals surface area contributed by atoms with E-state index in [0.717, 1.165) is 26.2 Å². The standard InChI is InChI=1S/C8H18N2O/c1-3-9-5-8-6-10-4-7(2)11-8/h7-10H,3-6H2,1-2H3/t7-,8+/m0/s1. The van der Waals surface area contributed by atoms with Crippen LogP contribution in [0.3, 0.4) is 0 Å². The van der Waals surface area contributed by atoms with Crippen molar-refractivity contribution in [3.63, 3.8) is 0 Å². The molecule has 0 bridgehead atoms. The first-order valence-corrected chi connectivity index (χ1v) is 4.39. The number of nitrogens with one attached hydrogen (secondary N) is 2. The summed E-state index contributed by atoms with van der Waals surface area (Å²) in [4.78, 5) is 0. The second-order valence-electron chi connectivity index (χ2n) is 3.03. The lowest BCUT2D eigenvalue weighted by molar-refractivity contribution is -0.0255. The zero-order valence-electron chi connectivity index (χ0n) is 7.39. The zero-order chi connectivity index (χ0) is 8.10. The summed E-state index contributed by atoms with van der Waals surface area (Å²) in [5.41, 5.74) is 0. The van der Waals surface area contributed by atoms with Gasteiger partial charge in [0, 0.05) is 19.6 Å². The summed E-state index contributed by atoms with van der Waals surface area (Å²) in [6, 6.07) is 0. The third kappa shape index (κ3) is 3.18. The molecule has 2 atom stereocenters.